The topological polar surface area (TPSA) is 32.3 Å². The molecule has 18 heavy (non-hydrogen) atoms. The highest BCUT2D eigenvalue weighted by molar-refractivity contribution is 5.23. The molecule has 0 heterocycles. The molecule has 0 aliphatic heterocycles. The van der Waals surface area contributed by atoms with Crippen molar-refractivity contribution in [2.24, 2.45) is 5.92 Å². The van der Waals surface area contributed by atoms with Crippen molar-refractivity contribution in [2.45, 2.75) is 44.7 Å². The van der Waals surface area contributed by atoms with Crippen molar-refractivity contribution < 1.29 is 9.50 Å². The molecule has 0 radical (unpaired) electrons. The molecule has 1 fully saturated rings. The van der Waals surface area contributed by atoms with Crippen LogP contribution >= 0.6 is 0 Å². The van der Waals surface area contributed by atoms with Crippen LogP contribution in [-0.2, 0) is 0 Å². The molecule has 2 rings (SSSR count). The highest BCUT2D eigenvalue weighted by Gasteiger charge is 2.31. The zero-order valence-electron chi connectivity index (χ0n) is 11.1. The van der Waals surface area contributed by atoms with Crippen molar-refractivity contribution in [1.29, 1.82) is 0 Å². The third-order valence-corrected chi connectivity index (χ3v) is 4.10. The van der Waals surface area contributed by atoms with E-state index in [-0.39, 0.29) is 18.3 Å². The summed E-state index contributed by atoms with van der Waals surface area (Å²) in [6, 6.07) is 7.74. The fraction of sp³-hybridized carbons (Fsp3) is 0.600. The van der Waals surface area contributed by atoms with Crippen molar-refractivity contribution in [3.8, 4) is 0 Å². The quantitative estimate of drug-likeness (QED) is 0.843. The first kappa shape index (κ1) is 13.5. The van der Waals surface area contributed by atoms with Crippen LogP contribution in [0.25, 0.3) is 0 Å². The minimum Gasteiger partial charge on any atom is -0.396 e. The van der Waals surface area contributed by atoms with Crippen molar-refractivity contribution in [3.05, 3.63) is 35.6 Å². The molecule has 2 nitrogen and oxygen atoms in total. The Kier molecular flexibility index (Phi) is 4.36. The Morgan fingerprint density at radius 2 is 2.11 bits per heavy atom. The van der Waals surface area contributed by atoms with Crippen molar-refractivity contribution in [2.75, 3.05) is 6.61 Å². The van der Waals surface area contributed by atoms with Gasteiger partial charge in [-0.25, -0.2) is 4.39 Å². The molecule has 1 aliphatic rings. The standard InChI is InChI=1S/C15H22FNO/c1-10(9-18)11(2)17-15-7-13(8-15)12-4-3-5-14(16)6-12/h3-6,10-11,13,15,17-18H,7-9H2,1-2H3. The van der Waals surface area contributed by atoms with Crippen LogP contribution in [0.5, 0.6) is 0 Å². The van der Waals surface area contributed by atoms with E-state index in [4.69, 9.17) is 5.11 Å². The van der Waals surface area contributed by atoms with E-state index in [9.17, 15) is 4.39 Å². The van der Waals surface area contributed by atoms with Gasteiger partial charge < -0.3 is 10.4 Å². The van der Waals surface area contributed by atoms with Gasteiger partial charge in [-0.3, -0.25) is 0 Å². The maximum atomic E-state index is 13.1. The predicted molar refractivity (Wildman–Crippen MR) is 71.0 cm³/mol. The van der Waals surface area contributed by atoms with Crippen molar-refractivity contribution in [1.82, 2.24) is 5.32 Å². The molecule has 1 aromatic rings. The Balaban J connectivity index is 1.80. The second-order valence-corrected chi connectivity index (χ2v) is 5.54. The van der Waals surface area contributed by atoms with Crippen LogP contribution in [0.3, 0.4) is 0 Å². The lowest BCUT2D eigenvalue weighted by Crippen LogP contribution is -2.47. The van der Waals surface area contributed by atoms with Crippen molar-refractivity contribution >= 4 is 0 Å². The molecule has 1 saturated carbocycles. The maximum absolute atomic E-state index is 13.1. The molecule has 1 aliphatic carbocycles. The van der Waals surface area contributed by atoms with E-state index < -0.39 is 0 Å². The third-order valence-electron chi connectivity index (χ3n) is 4.10. The Labute approximate surface area is 108 Å². The SMILES string of the molecule is CC(CO)C(C)NC1CC(c2cccc(F)c2)C1. The summed E-state index contributed by atoms with van der Waals surface area (Å²) in [7, 11) is 0. The molecule has 3 heteroatoms. The van der Waals surface area contributed by atoms with Crippen LogP contribution in [0.1, 0.15) is 38.2 Å². The number of rotatable bonds is 5. The Morgan fingerprint density at radius 1 is 1.39 bits per heavy atom. The van der Waals surface area contributed by atoms with Crippen LogP contribution in [0.2, 0.25) is 0 Å². The van der Waals surface area contributed by atoms with Gasteiger partial charge in [-0.05, 0) is 49.3 Å². The minimum atomic E-state index is -0.147. The van der Waals surface area contributed by atoms with Gasteiger partial charge in [-0.1, -0.05) is 19.1 Å². The predicted octanol–water partition coefficient (Wildman–Crippen LogP) is 2.68. The van der Waals surface area contributed by atoms with E-state index in [1.165, 1.54) is 6.07 Å². The van der Waals surface area contributed by atoms with Gasteiger partial charge in [0.2, 0.25) is 0 Å². The zero-order chi connectivity index (χ0) is 13.1. The minimum absolute atomic E-state index is 0.147. The molecule has 0 bridgehead atoms. The maximum Gasteiger partial charge on any atom is 0.123 e. The summed E-state index contributed by atoms with van der Waals surface area (Å²) in [5.74, 6) is 0.610. The zero-order valence-corrected chi connectivity index (χ0v) is 11.1. The Hall–Kier alpha value is -0.930. The van der Waals surface area contributed by atoms with E-state index in [1.54, 1.807) is 12.1 Å². The summed E-state index contributed by atoms with van der Waals surface area (Å²) in [6.45, 7) is 4.37. The van der Waals surface area contributed by atoms with E-state index in [0.717, 1.165) is 18.4 Å². The lowest BCUT2D eigenvalue weighted by Gasteiger charge is -2.39. The van der Waals surface area contributed by atoms with E-state index in [1.807, 2.05) is 13.0 Å². The van der Waals surface area contributed by atoms with Gasteiger partial charge in [-0.2, -0.15) is 0 Å². The normalized spacial score (nSPS) is 26.4. The number of hydrogen-bond acceptors (Lipinski definition) is 2. The molecule has 100 valence electrons. The van der Waals surface area contributed by atoms with Crippen LogP contribution < -0.4 is 5.32 Å². The number of aliphatic hydroxyl groups is 1. The lowest BCUT2D eigenvalue weighted by molar-refractivity contribution is 0.180. The first-order valence-electron chi connectivity index (χ1n) is 6.72. The molecule has 1 aromatic carbocycles. The smallest absolute Gasteiger partial charge is 0.123 e. The monoisotopic (exact) mass is 251 g/mol. The van der Waals surface area contributed by atoms with E-state index in [0.29, 0.717) is 18.0 Å². The summed E-state index contributed by atoms with van der Waals surface area (Å²) < 4.78 is 13.1. The van der Waals surface area contributed by atoms with Crippen LogP contribution in [0, 0.1) is 11.7 Å². The fourth-order valence-corrected chi connectivity index (χ4v) is 2.48. The molecule has 0 saturated heterocycles. The van der Waals surface area contributed by atoms with Gasteiger partial charge in [-0.15, -0.1) is 0 Å². The summed E-state index contributed by atoms with van der Waals surface area (Å²) >= 11 is 0. The van der Waals surface area contributed by atoms with Gasteiger partial charge in [0.15, 0.2) is 0 Å². The summed E-state index contributed by atoms with van der Waals surface area (Å²) in [4.78, 5) is 0. The van der Waals surface area contributed by atoms with E-state index in [2.05, 4.69) is 12.2 Å². The molecule has 2 unspecified atom stereocenters. The Bertz CT molecular complexity index is 390. The molecular formula is C15H22FNO. The molecule has 0 spiro atoms. The summed E-state index contributed by atoms with van der Waals surface area (Å²) in [5, 5.41) is 12.6. The van der Waals surface area contributed by atoms with Crippen LogP contribution in [-0.4, -0.2) is 23.8 Å². The van der Waals surface area contributed by atoms with Gasteiger partial charge in [0.05, 0.1) is 0 Å². The number of aliphatic hydroxyl groups excluding tert-OH is 1. The van der Waals surface area contributed by atoms with E-state index >= 15 is 0 Å². The highest BCUT2D eigenvalue weighted by atomic mass is 19.1. The average Bonchev–Trinajstić information content (AvgIpc) is 2.31. The van der Waals surface area contributed by atoms with Gasteiger partial charge in [0.25, 0.3) is 0 Å². The largest absolute Gasteiger partial charge is 0.396 e. The number of halogens is 1. The fourth-order valence-electron chi connectivity index (χ4n) is 2.48. The van der Waals surface area contributed by atoms with Gasteiger partial charge in [0.1, 0.15) is 5.82 Å². The van der Waals surface area contributed by atoms with Gasteiger partial charge >= 0.3 is 0 Å². The highest BCUT2D eigenvalue weighted by Crippen LogP contribution is 2.37. The molecule has 0 aromatic heterocycles. The number of hydrogen-bond donors (Lipinski definition) is 2. The van der Waals surface area contributed by atoms with Crippen molar-refractivity contribution in [3.63, 3.8) is 0 Å². The Morgan fingerprint density at radius 3 is 2.72 bits per heavy atom. The van der Waals surface area contributed by atoms with Gasteiger partial charge in [0, 0.05) is 18.7 Å². The summed E-state index contributed by atoms with van der Waals surface area (Å²) in [6.07, 6.45) is 2.12. The molecule has 2 atom stereocenters. The first-order chi connectivity index (χ1) is 8.60. The second-order valence-electron chi connectivity index (χ2n) is 5.54. The first-order valence-corrected chi connectivity index (χ1v) is 6.72. The number of benzene rings is 1. The van der Waals surface area contributed by atoms with Crippen LogP contribution in [0.4, 0.5) is 4.39 Å². The summed E-state index contributed by atoms with van der Waals surface area (Å²) in [5.41, 5.74) is 1.11. The third kappa shape index (κ3) is 3.09. The molecular weight excluding hydrogens is 229 g/mol. The second kappa shape index (κ2) is 5.81. The molecule has 2 N–H and O–H groups in total. The average molecular weight is 251 g/mol. The number of nitrogens with one attached hydrogen (secondary N) is 1. The molecule has 0 amide bonds. The lowest BCUT2D eigenvalue weighted by atomic mass is 9.75. The van der Waals surface area contributed by atoms with Crippen LogP contribution in [0.15, 0.2) is 24.3 Å².